The highest BCUT2D eigenvalue weighted by atomic mass is 16.6. The van der Waals surface area contributed by atoms with Gasteiger partial charge in [0, 0.05) is 18.7 Å². The maximum atomic E-state index is 11.7. The van der Waals surface area contributed by atoms with E-state index in [1.165, 1.54) is 4.90 Å². The molecule has 23 heavy (non-hydrogen) atoms. The molecule has 2 atom stereocenters. The highest BCUT2D eigenvalue weighted by Crippen LogP contribution is 2.46. The molecule has 2 amide bonds. The summed E-state index contributed by atoms with van der Waals surface area (Å²) in [6, 6.07) is 2.18. The molecular formula is C15H20N4O4. The van der Waals surface area contributed by atoms with Crippen molar-refractivity contribution in [3.05, 3.63) is 17.7 Å². The van der Waals surface area contributed by atoms with Gasteiger partial charge >= 0.3 is 6.03 Å². The first-order chi connectivity index (χ1) is 10.9. The van der Waals surface area contributed by atoms with Crippen LogP contribution < -0.4 is 10.5 Å². The minimum Gasteiger partial charge on any atom is -0.484 e. The number of nitrogens with two attached hydrogens (primary N) is 1. The molecule has 0 fully saturated rings. The number of fused-ring (bicyclic) bond motifs is 2. The molecular weight excluding hydrogens is 300 g/mol. The van der Waals surface area contributed by atoms with Crippen molar-refractivity contribution >= 4 is 17.1 Å². The molecule has 1 aliphatic rings. The Balaban J connectivity index is 2.22. The van der Waals surface area contributed by atoms with Gasteiger partial charge < -0.3 is 20.5 Å². The number of carbonyl (C=O) groups excluding carboxylic acids is 1. The van der Waals surface area contributed by atoms with Crippen molar-refractivity contribution < 1.29 is 19.3 Å². The average molecular weight is 320 g/mol. The maximum Gasteiger partial charge on any atom is 0.315 e. The highest BCUT2D eigenvalue weighted by Gasteiger charge is 2.49. The number of likely N-dealkylation sites (N-methyl/N-ethyl adjacent to an activating group) is 1. The zero-order chi connectivity index (χ0) is 16.8. The lowest BCUT2D eigenvalue weighted by Crippen LogP contribution is -2.57. The average Bonchev–Trinajstić information content (AvgIpc) is 2.99. The quantitative estimate of drug-likeness (QED) is 0.887. The molecule has 0 bridgehead atoms. The molecule has 0 saturated carbocycles. The number of aromatic nitrogens is 2. The molecule has 1 aliphatic heterocycles. The Morgan fingerprint density at radius 2 is 1.96 bits per heavy atom. The van der Waals surface area contributed by atoms with E-state index in [2.05, 4.69) is 10.3 Å². The Kier molecular flexibility index (Phi) is 3.63. The van der Waals surface area contributed by atoms with E-state index in [1.807, 2.05) is 13.8 Å². The summed E-state index contributed by atoms with van der Waals surface area (Å²) in [6.07, 6.45) is 0.254. The summed E-state index contributed by atoms with van der Waals surface area (Å²) in [5, 5.41) is 18.6. The van der Waals surface area contributed by atoms with E-state index in [0.29, 0.717) is 35.2 Å². The van der Waals surface area contributed by atoms with Crippen LogP contribution in [0.1, 0.15) is 38.3 Å². The number of urea groups is 1. The van der Waals surface area contributed by atoms with Crippen LogP contribution in [0.4, 0.5) is 4.79 Å². The van der Waals surface area contributed by atoms with Gasteiger partial charge in [0.1, 0.15) is 28.5 Å². The second-order valence-electron chi connectivity index (χ2n) is 5.86. The van der Waals surface area contributed by atoms with Crippen LogP contribution in [0, 0.1) is 0 Å². The number of hydrogen-bond donors (Lipinski definition) is 2. The second-order valence-corrected chi connectivity index (χ2v) is 5.86. The van der Waals surface area contributed by atoms with Crippen molar-refractivity contribution in [1.82, 2.24) is 15.2 Å². The van der Waals surface area contributed by atoms with Gasteiger partial charge in [-0.25, -0.2) is 9.42 Å². The lowest BCUT2D eigenvalue weighted by atomic mass is 9.80. The number of benzene rings is 1. The van der Waals surface area contributed by atoms with Crippen LogP contribution in [0.15, 0.2) is 16.8 Å². The summed E-state index contributed by atoms with van der Waals surface area (Å²) in [5.41, 5.74) is 6.37. The number of amides is 2. The first-order valence-corrected chi connectivity index (χ1v) is 7.59. The number of nitrogens with zero attached hydrogens (tertiary/aromatic N) is 3. The topological polar surface area (TPSA) is 115 Å². The van der Waals surface area contributed by atoms with Crippen LogP contribution >= 0.6 is 0 Å². The number of ether oxygens (including phenoxy) is 1. The third-order valence-electron chi connectivity index (χ3n) is 4.82. The van der Waals surface area contributed by atoms with E-state index in [0.717, 1.165) is 0 Å². The molecule has 3 N–H and O–H groups in total. The molecule has 8 nitrogen and oxygen atoms in total. The summed E-state index contributed by atoms with van der Waals surface area (Å²) in [6.45, 7) is 3.88. The molecule has 2 heterocycles. The Morgan fingerprint density at radius 3 is 2.52 bits per heavy atom. The third-order valence-corrected chi connectivity index (χ3v) is 4.82. The minimum absolute atomic E-state index is 0.530. The zero-order valence-electron chi connectivity index (χ0n) is 13.3. The number of rotatable bonds is 3. The lowest BCUT2D eigenvalue weighted by Gasteiger charge is -2.47. The van der Waals surface area contributed by atoms with Crippen LogP contribution in [0.5, 0.6) is 5.75 Å². The van der Waals surface area contributed by atoms with Gasteiger partial charge in [0.15, 0.2) is 0 Å². The van der Waals surface area contributed by atoms with Crippen molar-refractivity contribution in [2.24, 2.45) is 5.73 Å². The number of carbonyl (C=O) groups is 1. The molecule has 124 valence electrons. The van der Waals surface area contributed by atoms with Crippen LogP contribution in [0.2, 0.25) is 0 Å². The SMILES string of the molecule is CCC1(CC)Oc2cc3nonc3cc2C(N(C)C(N)=O)C1O. The Morgan fingerprint density at radius 1 is 1.35 bits per heavy atom. The van der Waals surface area contributed by atoms with Crippen molar-refractivity contribution in [2.75, 3.05) is 7.05 Å². The van der Waals surface area contributed by atoms with E-state index in [1.54, 1.807) is 19.2 Å². The van der Waals surface area contributed by atoms with E-state index in [4.69, 9.17) is 15.1 Å². The number of aliphatic hydroxyl groups is 1. The predicted octanol–water partition coefficient (Wildman–Crippen LogP) is 1.59. The van der Waals surface area contributed by atoms with Gasteiger partial charge in [-0.3, -0.25) is 0 Å². The fourth-order valence-electron chi connectivity index (χ4n) is 3.26. The Labute approximate surface area is 133 Å². The second kappa shape index (κ2) is 5.38. The molecule has 3 rings (SSSR count). The number of hydrogen-bond acceptors (Lipinski definition) is 6. The fourth-order valence-corrected chi connectivity index (χ4v) is 3.26. The third kappa shape index (κ3) is 2.21. The van der Waals surface area contributed by atoms with Gasteiger partial charge in [-0.15, -0.1) is 0 Å². The first kappa shape index (κ1) is 15.5. The van der Waals surface area contributed by atoms with Gasteiger partial charge in [0.2, 0.25) is 0 Å². The fraction of sp³-hybridized carbons (Fsp3) is 0.533. The Hall–Kier alpha value is -2.35. The lowest BCUT2D eigenvalue weighted by molar-refractivity contribution is -0.106. The number of aliphatic hydroxyl groups excluding tert-OH is 1. The largest absolute Gasteiger partial charge is 0.484 e. The van der Waals surface area contributed by atoms with Gasteiger partial charge in [-0.2, -0.15) is 0 Å². The minimum atomic E-state index is -0.917. The zero-order valence-corrected chi connectivity index (χ0v) is 13.3. The molecule has 0 aliphatic carbocycles. The highest BCUT2D eigenvalue weighted by molar-refractivity contribution is 5.78. The maximum absolute atomic E-state index is 11.7. The summed E-state index contributed by atoms with van der Waals surface area (Å²) in [7, 11) is 1.56. The van der Waals surface area contributed by atoms with E-state index < -0.39 is 23.8 Å². The van der Waals surface area contributed by atoms with E-state index in [-0.39, 0.29) is 0 Å². The molecule has 8 heteroatoms. The molecule has 0 radical (unpaired) electrons. The van der Waals surface area contributed by atoms with Crippen LogP contribution in [-0.4, -0.2) is 45.1 Å². The normalized spacial score (nSPS) is 22.4. The van der Waals surface area contributed by atoms with E-state index in [9.17, 15) is 9.90 Å². The van der Waals surface area contributed by atoms with Crippen molar-refractivity contribution in [2.45, 2.75) is 44.4 Å². The van der Waals surface area contributed by atoms with Gasteiger partial charge in [0.25, 0.3) is 0 Å². The molecule has 0 saturated heterocycles. The number of primary amides is 1. The predicted molar refractivity (Wildman–Crippen MR) is 81.8 cm³/mol. The van der Waals surface area contributed by atoms with Crippen LogP contribution in [-0.2, 0) is 0 Å². The summed E-state index contributed by atoms with van der Waals surface area (Å²) in [5.74, 6) is 0.556. The van der Waals surface area contributed by atoms with E-state index >= 15 is 0 Å². The van der Waals surface area contributed by atoms with Crippen molar-refractivity contribution in [3.8, 4) is 5.75 Å². The summed E-state index contributed by atoms with van der Waals surface area (Å²) < 4.78 is 10.9. The van der Waals surface area contributed by atoms with Crippen molar-refractivity contribution in [3.63, 3.8) is 0 Å². The Bertz CT molecular complexity index is 740. The molecule has 1 aromatic heterocycles. The molecule has 2 unspecified atom stereocenters. The molecule has 1 aromatic carbocycles. The summed E-state index contributed by atoms with van der Waals surface area (Å²) in [4.78, 5) is 13.0. The van der Waals surface area contributed by atoms with Gasteiger partial charge in [-0.1, -0.05) is 13.8 Å². The standard InChI is InChI=1S/C15H20N4O4/c1-4-15(5-2)13(20)12(19(3)14(16)21)8-6-9-10(18-23-17-9)7-11(8)22-15/h6-7,12-13,20H,4-5H2,1-3H3,(H2,16,21). The van der Waals surface area contributed by atoms with Crippen LogP contribution in [0.25, 0.3) is 11.0 Å². The summed E-state index contributed by atoms with van der Waals surface area (Å²) >= 11 is 0. The van der Waals surface area contributed by atoms with Gasteiger partial charge in [-0.05, 0) is 29.2 Å². The van der Waals surface area contributed by atoms with Crippen LogP contribution in [0.3, 0.4) is 0 Å². The molecule has 0 spiro atoms. The van der Waals surface area contributed by atoms with Gasteiger partial charge in [0.05, 0.1) is 6.04 Å². The monoisotopic (exact) mass is 320 g/mol. The first-order valence-electron chi connectivity index (χ1n) is 7.59. The van der Waals surface area contributed by atoms with Crippen molar-refractivity contribution in [1.29, 1.82) is 0 Å². The molecule has 2 aromatic rings. The smallest absolute Gasteiger partial charge is 0.315 e.